The van der Waals surface area contributed by atoms with Gasteiger partial charge in [0.15, 0.2) is 0 Å². The lowest BCUT2D eigenvalue weighted by Crippen LogP contribution is -2.37. The second kappa shape index (κ2) is 8.49. The maximum Gasteiger partial charge on any atom is 0.340 e. The van der Waals surface area contributed by atoms with Gasteiger partial charge >= 0.3 is 5.97 Å². The van der Waals surface area contributed by atoms with E-state index < -0.39 is 5.97 Å². The second-order valence-corrected chi connectivity index (χ2v) is 7.72. The van der Waals surface area contributed by atoms with E-state index in [2.05, 4.69) is 0 Å². The lowest BCUT2D eigenvalue weighted by molar-refractivity contribution is -0.138. The van der Waals surface area contributed by atoms with Gasteiger partial charge in [-0.05, 0) is 50.5 Å². The van der Waals surface area contributed by atoms with Crippen molar-refractivity contribution in [3.05, 3.63) is 50.7 Å². The Morgan fingerprint density at radius 1 is 1.26 bits per heavy atom. The number of esters is 1. The van der Waals surface area contributed by atoms with Gasteiger partial charge in [0.05, 0.1) is 17.8 Å². The smallest absolute Gasteiger partial charge is 0.340 e. The van der Waals surface area contributed by atoms with Crippen LogP contribution in [0.2, 0.25) is 10.0 Å². The molecule has 2 aliphatic rings. The molecule has 1 heterocycles. The minimum absolute atomic E-state index is 0.127. The first-order valence-electron chi connectivity index (χ1n) is 9.32. The molecule has 1 aliphatic carbocycles. The molecule has 0 bridgehead atoms. The van der Waals surface area contributed by atoms with Crippen LogP contribution in [-0.4, -0.2) is 29.4 Å². The molecule has 1 amide bonds. The standard InChI is InChI=1S/C21H23Cl2NO3/c1-3-27-21(26)19-13(2)24(16-7-5-4-6-8-16)20(25)17(19)11-14-9-10-15(22)12-18(14)23/h9-12,16H,3-8H2,1-2H3/b17-11+. The van der Waals surface area contributed by atoms with Gasteiger partial charge in [-0.1, -0.05) is 48.5 Å². The van der Waals surface area contributed by atoms with E-state index >= 15 is 0 Å². The molecule has 6 heteroatoms. The fourth-order valence-corrected chi connectivity index (χ4v) is 4.32. The summed E-state index contributed by atoms with van der Waals surface area (Å²) in [5, 5.41) is 0.945. The highest BCUT2D eigenvalue weighted by Crippen LogP contribution is 2.37. The molecule has 1 aromatic carbocycles. The number of hydrogen-bond acceptors (Lipinski definition) is 3. The van der Waals surface area contributed by atoms with Crippen molar-refractivity contribution in [3.8, 4) is 0 Å². The molecule has 1 saturated carbocycles. The van der Waals surface area contributed by atoms with Crippen molar-refractivity contribution in [1.82, 2.24) is 4.90 Å². The van der Waals surface area contributed by atoms with Gasteiger partial charge in [-0.2, -0.15) is 0 Å². The van der Waals surface area contributed by atoms with Gasteiger partial charge < -0.3 is 9.64 Å². The average molecular weight is 408 g/mol. The van der Waals surface area contributed by atoms with Gasteiger partial charge in [0, 0.05) is 21.8 Å². The minimum atomic E-state index is -0.474. The normalized spacial score (nSPS) is 19.9. The van der Waals surface area contributed by atoms with Crippen LogP contribution in [0.3, 0.4) is 0 Å². The first kappa shape index (κ1) is 20.0. The third-order valence-corrected chi connectivity index (χ3v) is 5.69. The van der Waals surface area contributed by atoms with Crippen LogP contribution in [-0.2, 0) is 14.3 Å². The molecule has 1 aliphatic heterocycles. The summed E-state index contributed by atoms with van der Waals surface area (Å²) in [7, 11) is 0. The molecule has 0 saturated heterocycles. The quantitative estimate of drug-likeness (QED) is 0.496. The van der Waals surface area contributed by atoms with E-state index in [1.807, 2.05) is 6.92 Å². The third-order valence-electron chi connectivity index (χ3n) is 5.12. The number of rotatable bonds is 4. The van der Waals surface area contributed by atoms with Gasteiger partial charge in [-0.25, -0.2) is 4.79 Å². The largest absolute Gasteiger partial charge is 0.462 e. The van der Waals surface area contributed by atoms with Crippen LogP contribution in [0.4, 0.5) is 0 Å². The van der Waals surface area contributed by atoms with Crippen LogP contribution in [0, 0.1) is 0 Å². The molecule has 144 valence electrons. The first-order valence-corrected chi connectivity index (χ1v) is 10.1. The fourth-order valence-electron chi connectivity index (χ4n) is 3.85. The summed E-state index contributed by atoms with van der Waals surface area (Å²) in [5.74, 6) is -0.633. The summed E-state index contributed by atoms with van der Waals surface area (Å²) in [5.41, 5.74) is 1.98. The Bertz CT molecular complexity index is 823. The van der Waals surface area contributed by atoms with E-state index in [1.165, 1.54) is 6.42 Å². The van der Waals surface area contributed by atoms with Crippen LogP contribution >= 0.6 is 23.2 Å². The van der Waals surface area contributed by atoms with Crippen molar-refractivity contribution in [2.45, 2.75) is 52.0 Å². The highest BCUT2D eigenvalue weighted by Gasteiger charge is 2.40. The number of nitrogens with zero attached hydrogens (tertiary/aromatic N) is 1. The number of hydrogen-bond donors (Lipinski definition) is 0. The van der Waals surface area contributed by atoms with Crippen LogP contribution in [0.5, 0.6) is 0 Å². The van der Waals surface area contributed by atoms with Crippen molar-refractivity contribution in [2.24, 2.45) is 0 Å². The number of carbonyl (C=O) groups excluding carboxylic acids is 2. The van der Waals surface area contributed by atoms with Gasteiger partial charge in [0.25, 0.3) is 5.91 Å². The van der Waals surface area contributed by atoms with Crippen molar-refractivity contribution in [2.75, 3.05) is 6.61 Å². The molecule has 0 radical (unpaired) electrons. The molecule has 0 N–H and O–H groups in total. The fraction of sp³-hybridized carbons (Fsp3) is 0.429. The predicted octanol–water partition coefficient (Wildman–Crippen LogP) is 5.39. The highest BCUT2D eigenvalue weighted by atomic mass is 35.5. The SMILES string of the molecule is CCOC(=O)C1=C(C)N(C2CCCCC2)C(=O)/C1=C/c1ccc(Cl)cc1Cl. The Labute approximate surface area is 169 Å². The third kappa shape index (κ3) is 4.07. The Morgan fingerprint density at radius 2 is 1.96 bits per heavy atom. The number of ether oxygens (including phenoxy) is 1. The second-order valence-electron chi connectivity index (χ2n) is 6.87. The van der Waals surface area contributed by atoms with Gasteiger partial charge in [0.2, 0.25) is 0 Å². The number of halogens is 2. The lowest BCUT2D eigenvalue weighted by atomic mass is 9.94. The summed E-state index contributed by atoms with van der Waals surface area (Å²) in [4.78, 5) is 27.7. The summed E-state index contributed by atoms with van der Waals surface area (Å²) >= 11 is 12.2. The molecule has 1 fully saturated rings. The van der Waals surface area contributed by atoms with E-state index in [0.29, 0.717) is 32.5 Å². The summed E-state index contributed by atoms with van der Waals surface area (Å²) in [6.07, 6.45) is 6.95. The Morgan fingerprint density at radius 3 is 2.59 bits per heavy atom. The molecule has 0 aromatic heterocycles. The van der Waals surface area contributed by atoms with E-state index in [9.17, 15) is 9.59 Å². The lowest BCUT2D eigenvalue weighted by Gasteiger charge is -2.32. The maximum absolute atomic E-state index is 13.3. The zero-order valence-corrected chi connectivity index (χ0v) is 17.1. The number of amides is 1. The molecular formula is C21H23Cl2NO3. The highest BCUT2D eigenvalue weighted by molar-refractivity contribution is 6.35. The Balaban J connectivity index is 2.06. The van der Waals surface area contributed by atoms with Crippen molar-refractivity contribution in [3.63, 3.8) is 0 Å². The van der Waals surface area contributed by atoms with Crippen LogP contribution in [0.15, 0.2) is 35.0 Å². The average Bonchev–Trinajstić information content (AvgIpc) is 2.88. The number of benzene rings is 1. The molecule has 0 spiro atoms. The predicted molar refractivity (Wildman–Crippen MR) is 107 cm³/mol. The minimum Gasteiger partial charge on any atom is -0.462 e. The van der Waals surface area contributed by atoms with E-state index in [4.69, 9.17) is 27.9 Å². The van der Waals surface area contributed by atoms with Crippen LogP contribution in [0.1, 0.15) is 51.5 Å². The molecule has 27 heavy (non-hydrogen) atoms. The summed E-state index contributed by atoms with van der Waals surface area (Å²) in [6.45, 7) is 3.83. The molecule has 0 atom stereocenters. The van der Waals surface area contributed by atoms with Gasteiger partial charge in [-0.15, -0.1) is 0 Å². The van der Waals surface area contributed by atoms with Crippen LogP contribution in [0.25, 0.3) is 6.08 Å². The molecule has 4 nitrogen and oxygen atoms in total. The topological polar surface area (TPSA) is 46.6 Å². The van der Waals surface area contributed by atoms with E-state index in [-0.39, 0.29) is 18.6 Å². The monoisotopic (exact) mass is 407 g/mol. The van der Waals surface area contributed by atoms with Crippen LogP contribution < -0.4 is 0 Å². The maximum atomic E-state index is 13.3. The van der Waals surface area contributed by atoms with Gasteiger partial charge in [-0.3, -0.25) is 4.79 Å². The van der Waals surface area contributed by atoms with Gasteiger partial charge in [0.1, 0.15) is 0 Å². The first-order chi connectivity index (χ1) is 12.9. The molecular weight excluding hydrogens is 385 g/mol. The number of carbonyl (C=O) groups is 2. The summed E-state index contributed by atoms with van der Waals surface area (Å²) < 4.78 is 5.23. The van der Waals surface area contributed by atoms with Crippen molar-refractivity contribution < 1.29 is 14.3 Å². The zero-order chi connectivity index (χ0) is 19.6. The summed E-state index contributed by atoms with van der Waals surface area (Å²) in [6, 6.07) is 5.20. The molecule has 1 aromatic rings. The van der Waals surface area contributed by atoms with Crippen molar-refractivity contribution in [1.29, 1.82) is 0 Å². The number of allylic oxidation sites excluding steroid dienone is 1. The Kier molecular flexibility index (Phi) is 6.28. The Hall–Kier alpha value is -1.78. The van der Waals surface area contributed by atoms with E-state index in [1.54, 1.807) is 36.1 Å². The van der Waals surface area contributed by atoms with E-state index in [0.717, 1.165) is 25.7 Å². The molecule has 3 rings (SSSR count). The van der Waals surface area contributed by atoms with Crippen molar-refractivity contribution >= 4 is 41.2 Å². The zero-order valence-electron chi connectivity index (χ0n) is 15.6. The molecule has 0 unspecified atom stereocenters.